The van der Waals surface area contributed by atoms with Gasteiger partial charge in [0.25, 0.3) is 0 Å². The van der Waals surface area contributed by atoms with Crippen molar-refractivity contribution in [3.8, 4) is 0 Å². The molecule has 0 saturated heterocycles. The first kappa shape index (κ1) is 3.85. The third-order valence-corrected chi connectivity index (χ3v) is 1.07. The summed E-state index contributed by atoms with van der Waals surface area (Å²) in [4.78, 5) is 21.0. The smallest absolute Gasteiger partial charge is 0.333 e. The lowest BCUT2D eigenvalue weighted by Crippen LogP contribution is -2.27. The number of nitrogens with zero attached hydrogens (tertiary/aromatic N) is 2. The summed E-state index contributed by atoms with van der Waals surface area (Å²) in [6.45, 7) is -3.19. The van der Waals surface area contributed by atoms with E-state index in [1.807, 2.05) is 0 Å². The van der Waals surface area contributed by atoms with E-state index >= 15 is 0 Å². The summed E-state index contributed by atoms with van der Waals surface area (Å²) in [5.74, 6) is -1.61. The van der Waals surface area contributed by atoms with Crippen molar-refractivity contribution in [1.29, 1.82) is 0 Å². The standard InChI is InChI=1S/C6H8N2O3/c9-6(10)5-2-1-3-8(4-5)7-11/h2H,1,3-4H2,(H,9,10)/i1D2,4D2. The molecule has 0 aromatic heterocycles. The first-order valence-electron chi connectivity index (χ1n) is 4.78. The van der Waals surface area contributed by atoms with Gasteiger partial charge in [-0.2, -0.15) is 0 Å². The van der Waals surface area contributed by atoms with Crippen LogP contribution in [0.25, 0.3) is 0 Å². The van der Waals surface area contributed by atoms with E-state index in [-0.39, 0.29) is 5.01 Å². The van der Waals surface area contributed by atoms with Gasteiger partial charge in [-0.25, -0.2) is 4.79 Å². The molecule has 0 unspecified atom stereocenters. The number of hydrogen-bond acceptors (Lipinski definition) is 3. The van der Waals surface area contributed by atoms with E-state index < -0.39 is 31.0 Å². The second-order valence-corrected chi connectivity index (χ2v) is 1.82. The molecule has 0 atom stereocenters. The van der Waals surface area contributed by atoms with Crippen LogP contribution >= 0.6 is 0 Å². The molecule has 0 saturated carbocycles. The SMILES string of the molecule is [2H]C1([2H])C=C(C(=O)O)C([2H])([2H])N(N=O)C1. The highest BCUT2D eigenvalue weighted by Gasteiger charge is 2.16. The molecule has 5 nitrogen and oxygen atoms in total. The van der Waals surface area contributed by atoms with Crippen LogP contribution in [-0.4, -0.2) is 29.1 Å². The van der Waals surface area contributed by atoms with Crippen molar-refractivity contribution < 1.29 is 15.4 Å². The van der Waals surface area contributed by atoms with Gasteiger partial charge in [0.15, 0.2) is 0 Å². The largest absolute Gasteiger partial charge is 0.478 e. The molecule has 60 valence electrons. The molecule has 0 aliphatic carbocycles. The van der Waals surface area contributed by atoms with Gasteiger partial charge in [-0.3, -0.25) is 5.01 Å². The van der Waals surface area contributed by atoms with Crippen LogP contribution in [0.15, 0.2) is 16.9 Å². The minimum atomic E-state index is -2.58. The second-order valence-electron chi connectivity index (χ2n) is 1.82. The maximum atomic E-state index is 10.7. The van der Waals surface area contributed by atoms with Crippen LogP contribution in [0.1, 0.15) is 11.9 Å². The Labute approximate surface area is 68.9 Å². The van der Waals surface area contributed by atoms with Crippen molar-refractivity contribution in [3.05, 3.63) is 16.6 Å². The van der Waals surface area contributed by atoms with Gasteiger partial charge in [-0.05, 0) is 6.37 Å². The molecular weight excluding hydrogens is 148 g/mol. The van der Waals surface area contributed by atoms with E-state index in [4.69, 9.17) is 10.6 Å². The van der Waals surface area contributed by atoms with E-state index in [9.17, 15) is 9.70 Å². The van der Waals surface area contributed by atoms with Crippen LogP contribution in [0.5, 0.6) is 0 Å². The maximum absolute atomic E-state index is 10.7. The van der Waals surface area contributed by atoms with E-state index in [0.29, 0.717) is 6.08 Å². The summed E-state index contributed by atoms with van der Waals surface area (Å²) in [5.41, 5.74) is -0.821. The molecule has 1 rings (SSSR count). The Balaban J connectivity index is 3.25. The molecule has 0 bridgehead atoms. The molecule has 0 amide bonds. The van der Waals surface area contributed by atoms with Crippen LogP contribution in [0, 0.1) is 4.91 Å². The minimum Gasteiger partial charge on any atom is -0.478 e. The van der Waals surface area contributed by atoms with E-state index in [1.165, 1.54) is 0 Å². The van der Waals surface area contributed by atoms with Gasteiger partial charge in [0.05, 0.1) is 20.1 Å². The van der Waals surface area contributed by atoms with Crippen LogP contribution in [0.2, 0.25) is 0 Å². The second kappa shape index (κ2) is 3.14. The molecule has 0 aromatic carbocycles. The van der Waals surface area contributed by atoms with E-state index in [2.05, 4.69) is 5.29 Å². The predicted octanol–water partition coefficient (Wildman–Crippen LogP) is 0.385. The lowest BCUT2D eigenvalue weighted by atomic mass is 10.1. The zero-order valence-electron chi connectivity index (χ0n) is 9.44. The molecule has 0 radical (unpaired) electrons. The topological polar surface area (TPSA) is 70.0 Å². The Bertz CT molecular complexity index is 341. The Morgan fingerprint density at radius 1 is 1.91 bits per heavy atom. The average molecular weight is 160 g/mol. The van der Waals surface area contributed by atoms with Gasteiger partial charge in [0.1, 0.15) is 0 Å². The van der Waals surface area contributed by atoms with Crippen molar-refractivity contribution >= 4 is 5.97 Å². The summed E-state index contributed by atoms with van der Waals surface area (Å²) in [5, 5.41) is 11.2. The maximum Gasteiger partial charge on any atom is 0.333 e. The van der Waals surface area contributed by atoms with Crippen LogP contribution in [0.4, 0.5) is 0 Å². The fourth-order valence-corrected chi connectivity index (χ4v) is 0.604. The lowest BCUT2D eigenvalue weighted by Gasteiger charge is -2.18. The molecule has 11 heavy (non-hydrogen) atoms. The fraction of sp³-hybridized carbons (Fsp3) is 0.500. The van der Waals surface area contributed by atoms with Crippen LogP contribution in [0.3, 0.4) is 0 Å². The van der Waals surface area contributed by atoms with Crippen LogP contribution in [-0.2, 0) is 4.79 Å². The first-order valence-corrected chi connectivity index (χ1v) is 2.78. The highest BCUT2D eigenvalue weighted by molar-refractivity contribution is 5.87. The molecule has 1 aliphatic rings. The van der Waals surface area contributed by atoms with Gasteiger partial charge in [-0.1, -0.05) is 6.08 Å². The van der Waals surface area contributed by atoms with Crippen molar-refractivity contribution in [2.45, 2.75) is 6.37 Å². The van der Waals surface area contributed by atoms with Crippen molar-refractivity contribution in [2.24, 2.45) is 5.29 Å². The fourth-order valence-electron chi connectivity index (χ4n) is 0.604. The molecule has 0 spiro atoms. The average Bonchev–Trinajstić information content (AvgIpc) is 2.08. The summed E-state index contributed by atoms with van der Waals surface area (Å²) in [6.07, 6.45) is -1.43. The van der Waals surface area contributed by atoms with Crippen molar-refractivity contribution in [3.63, 3.8) is 0 Å². The van der Waals surface area contributed by atoms with Gasteiger partial charge >= 0.3 is 5.97 Å². The summed E-state index contributed by atoms with van der Waals surface area (Å²) in [6, 6.07) is 0. The van der Waals surface area contributed by atoms with E-state index in [0.717, 1.165) is 0 Å². The molecule has 0 aromatic rings. The summed E-state index contributed by atoms with van der Waals surface area (Å²) < 4.78 is 29.2. The quantitative estimate of drug-likeness (QED) is 0.593. The number of aliphatic carboxylic acids is 1. The van der Waals surface area contributed by atoms with Gasteiger partial charge in [-0.15, -0.1) is 4.91 Å². The molecular formula is C6H8N2O3. The number of nitroso groups, excluding NO2 is 1. The first-order chi connectivity index (χ1) is 6.70. The van der Waals surface area contributed by atoms with Gasteiger partial charge in [0.2, 0.25) is 0 Å². The third-order valence-electron chi connectivity index (χ3n) is 1.07. The highest BCUT2D eigenvalue weighted by Crippen LogP contribution is 2.09. The Kier molecular flexibility index (Phi) is 1.10. The minimum absolute atomic E-state index is 0.246. The van der Waals surface area contributed by atoms with Gasteiger partial charge < -0.3 is 5.11 Å². The number of carbonyl (C=O) groups is 1. The molecule has 1 N–H and O–H groups in total. The molecule has 0 fully saturated rings. The summed E-state index contributed by atoms with van der Waals surface area (Å²) >= 11 is 0. The van der Waals surface area contributed by atoms with E-state index in [1.54, 1.807) is 0 Å². The Hall–Kier alpha value is -1.39. The van der Waals surface area contributed by atoms with Crippen molar-refractivity contribution in [1.82, 2.24) is 5.01 Å². The zero-order chi connectivity index (χ0) is 11.9. The van der Waals surface area contributed by atoms with Crippen molar-refractivity contribution in [2.75, 3.05) is 13.0 Å². The number of carboxylic acid groups (broad SMARTS) is 1. The molecule has 1 heterocycles. The summed E-state index contributed by atoms with van der Waals surface area (Å²) in [7, 11) is 0. The van der Waals surface area contributed by atoms with Crippen LogP contribution < -0.4 is 0 Å². The number of hydrogen-bond donors (Lipinski definition) is 1. The monoisotopic (exact) mass is 160 g/mol. The Morgan fingerprint density at radius 3 is 3.18 bits per heavy atom. The number of carboxylic acids is 1. The third kappa shape index (κ3) is 1.76. The highest BCUT2D eigenvalue weighted by atomic mass is 16.4. The number of rotatable bonds is 2. The lowest BCUT2D eigenvalue weighted by molar-refractivity contribution is -0.133. The predicted molar refractivity (Wildman–Crippen MR) is 37.7 cm³/mol. The molecule has 5 heteroatoms. The van der Waals surface area contributed by atoms with Gasteiger partial charge in [0, 0.05) is 9.29 Å². The molecule has 1 aliphatic heterocycles. The Morgan fingerprint density at radius 2 is 2.64 bits per heavy atom. The zero-order valence-corrected chi connectivity index (χ0v) is 5.44. The normalized spacial score (nSPS) is 32.0.